The zero-order chi connectivity index (χ0) is 27.7. The van der Waals surface area contributed by atoms with Crippen LogP contribution in [0.5, 0.6) is 0 Å². The number of hydrogen-bond donors (Lipinski definition) is 4. The first-order chi connectivity index (χ1) is 17.2. The Morgan fingerprint density at radius 2 is 0.919 bits per heavy atom. The number of carbonyl (C=O) groups excluding carboxylic acids is 2. The molecule has 0 atom stereocenters. The Balaban J connectivity index is 1.64. The van der Waals surface area contributed by atoms with E-state index in [4.69, 9.17) is 9.47 Å². The van der Waals surface area contributed by atoms with Gasteiger partial charge in [-0.05, 0) is 110 Å². The van der Waals surface area contributed by atoms with Gasteiger partial charge >= 0.3 is 12.2 Å². The van der Waals surface area contributed by atoms with Gasteiger partial charge in [0.25, 0.3) is 0 Å². The summed E-state index contributed by atoms with van der Waals surface area (Å²) < 4.78 is 10.7. The van der Waals surface area contributed by atoms with Crippen molar-refractivity contribution in [1.29, 1.82) is 0 Å². The van der Waals surface area contributed by atoms with E-state index in [2.05, 4.69) is 76.7 Å². The smallest absolute Gasteiger partial charge is 0.407 e. The molecule has 2 rings (SSSR count). The Morgan fingerprint density at radius 3 is 1.22 bits per heavy atom. The molecular formula is C29H56N4O4. The standard InChI is InChI=1S/C29H56N4O4/c1-27(2,3)30-17-19-36-25(34)32-23-13-9-21(10-14-23)29(7,8)22-11-15-24(16-12-22)33-26(35)37-20-18-31-28(4,5)6/h21-24,30-31H,9-20H2,1-8H3,(H,32,34)(H,33,35). The lowest BCUT2D eigenvalue weighted by atomic mass is 9.60. The molecule has 2 saturated carbocycles. The Kier molecular flexibility index (Phi) is 12.0. The van der Waals surface area contributed by atoms with Gasteiger partial charge in [0.05, 0.1) is 0 Å². The Bertz CT molecular complexity index is 640. The Labute approximate surface area is 226 Å². The van der Waals surface area contributed by atoms with Crippen LogP contribution in [0.1, 0.15) is 107 Å². The van der Waals surface area contributed by atoms with Crippen LogP contribution in [0.2, 0.25) is 0 Å². The van der Waals surface area contributed by atoms with Crippen LogP contribution in [0.3, 0.4) is 0 Å². The third kappa shape index (κ3) is 12.2. The molecule has 8 heteroatoms. The van der Waals surface area contributed by atoms with E-state index in [1.807, 2.05) is 0 Å². The molecule has 2 fully saturated rings. The van der Waals surface area contributed by atoms with E-state index in [1.165, 1.54) is 0 Å². The summed E-state index contributed by atoms with van der Waals surface area (Å²) in [4.78, 5) is 24.4. The van der Waals surface area contributed by atoms with Crippen molar-refractivity contribution in [3.63, 3.8) is 0 Å². The Hall–Kier alpha value is -1.54. The number of ether oxygens (including phenoxy) is 2. The summed E-state index contributed by atoms with van der Waals surface area (Å²) in [6, 6.07) is 0.416. The highest BCUT2D eigenvalue weighted by Crippen LogP contribution is 2.48. The van der Waals surface area contributed by atoms with Crippen molar-refractivity contribution in [2.24, 2.45) is 17.3 Å². The molecule has 0 aromatic rings. The minimum atomic E-state index is -0.298. The molecule has 4 N–H and O–H groups in total. The van der Waals surface area contributed by atoms with Gasteiger partial charge in [0.1, 0.15) is 13.2 Å². The number of rotatable bonds is 10. The lowest BCUT2D eigenvalue weighted by Gasteiger charge is -2.46. The fourth-order valence-corrected chi connectivity index (χ4v) is 5.85. The van der Waals surface area contributed by atoms with Crippen LogP contribution >= 0.6 is 0 Å². The lowest BCUT2D eigenvalue weighted by molar-refractivity contribution is 0.0455. The minimum absolute atomic E-state index is 0.0241. The molecule has 0 aromatic carbocycles. The highest BCUT2D eigenvalue weighted by atomic mass is 16.6. The number of alkyl carbamates (subject to hydrolysis) is 2. The number of carbonyl (C=O) groups is 2. The van der Waals surface area contributed by atoms with E-state index >= 15 is 0 Å². The molecule has 2 aliphatic rings. The summed E-state index contributed by atoms with van der Waals surface area (Å²) >= 11 is 0. The molecule has 0 radical (unpaired) electrons. The van der Waals surface area contributed by atoms with E-state index < -0.39 is 0 Å². The van der Waals surface area contributed by atoms with E-state index in [9.17, 15) is 9.59 Å². The van der Waals surface area contributed by atoms with Gasteiger partial charge in [0.2, 0.25) is 0 Å². The van der Waals surface area contributed by atoms with Crippen LogP contribution in [-0.4, -0.2) is 61.7 Å². The average molecular weight is 525 g/mol. The van der Waals surface area contributed by atoms with Crippen molar-refractivity contribution < 1.29 is 19.1 Å². The summed E-state index contributed by atoms with van der Waals surface area (Å²) in [7, 11) is 0. The quantitative estimate of drug-likeness (QED) is 0.287. The maximum atomic E-state index is 12.2. The van der Waals surface area contributed by atoms with Crippen LogP contribution in [-0.2, 0) is 9.47 Å². The van der Waals surface area contributed by atoms with E-state index in [1.54, 1.807) is 0 Å². The number of amides is 2. The third-order valence-electron chi connectivity index (χ3n) is 8.18. The van der Waals surface area contributed by atoms with Gasteiger partial charge in [-0.3, -0.25) is 0 Å². The van der Waals surface area contributed by atoms with Crippen LogP contribution < -0.4 is 21.3 Å². The molecule has 0 spiro atoms. The molecular weight excluding hydrogens is 468 g/mol. The van der Waals surface area contributed by atoms with Crippen molar-refractivity contribution in [2.45, 2.75) is 130 Å². The maximum absolute atomic E-state index is 12.2. The summed E-state index contributed by atoms with van der Waals surface area (Å²) in [5.41, 5.74) is 0.306. The van der Waals surface area contributed by atoms with Gasteiger partial charge in [0.15, 0.2) is 0 Å². The largest absolute Gasteiger partial charge is 0.448 e. The summed E-state index contributed by atoms with van der Waals surface area (Å²) in [6.45, 7) is 19.5. The van der Waals surface area contributed by atoms with Crippen molar-refractivity contribution >= 4 is 12.2 Å². The SMILES string of the molecule is CC(C)(C)NCCOC(=O)NC1CCC(C(C)(C)C2CCC(NC(=O)OCCNC(C)(C)C)CC2)CC1. The summed E-state index contributed by atoms with van der Waals surface area (Å²) in [6.07, 6.45) is 7.99. The predicted octanol–water partition coefficient (Wildman–Crippen LogP) is 5.36. The van der Waals surface area contributed by atoms with Crippen molar-refractivity contribution in [2.75, 3.05) is 26.3 Å². The first-order valence-corrected chi connectivity index (χ1v) is 14.5. The fourth-order valence-electron chi connectivity index (χ4n) is 5.85. The lowest BCUT2D eigenvalue weighted by Crippen LogP contribution is -2.45. The van der Waals surface area contributed by atoms with Crippen molar-refractivity contribution in [3.05, 3.63) is 0 Å². The molecule has 216 valence electrons. The minimum Gasteiger partial charge on any atom is -0.448 e. The zero-order valence-corrected chi connectivity index (χ0v) is 24.9. The molecule has 0 unspecified atom stereocenters. The van der Waals surface area contributed by atoms with Crippen LogP contribution in [0.15, 0.2) is 0 Å². The highest BCUT2D eigenvalue weighted by molar-refractivity contribution is 5.67. The van der Waals surface area contributed by atoms with Gasteiger partial charge in [-0.2, -0.15) is 0 Å². The van der Waals surface area contributed by atoms with Gasteiger partial charge in [-0.15, -0.1) is 0 Å². The number of hydrogen-bond acceptors (Lipinski definition) is 6. The van der Waals surface area contributed by atoms with Gasteiger partial charge < -0.3 is 30.7 Å². The maximum Gasteiger partial charge on any atom is 0.407 e. The molecule has 0 heterocycles. The zero-order valence-electron chi connectivity index (χ0n) is 24.9. The molecule has 0 saturated heterocycles. The van der Waals surface area contributed by atoms with E-state index in [-0.39, 0.29) is 40.8 Å². The fraction of sp³-hybridized carbons (Fsp3) is 0.931. The van der Waals surface area contributed by atoms with Crippen LogP contribution in [0.4, 0.5) is 9.59 Å². The first kappa shape index (κ1) is 31.7. The topological polar surface area (TPSA) is 101 Å². The monoisotopic (exact) mass is 524 g/mol. The molecule has 8 nitrogen and oxygen atoms in total. The predicted molar refractivity (Wildman–Crippen MR) is 150 cm³/mol. The van der Waals surface area contributed by atoms with Crippen molar-refractivity contribution in [1.82, 2.24) is 21.3 Å². The van der Waals surface area contributed by atoms with Gasteiger partial charge in [-0.25, -0.2) is 9.59 Å². The number of nitrogens with one attached hydrogen (secondary N) is 4. The third-order valence-corrected chi connectivity index (χ3v) is 8.18. The molecule has 0 aromatic heterocycles. The molecule has 2 aliphatic carbocycles. The second-order valence-electron chi connectivity index (χ2n) is 13.8. The van der Waals surface area contributed by atoms with E-state index in [0.29, 0.717) is 38.1 Å². The Morgan fingerprint density at radius 1 is 0.595 bits per heavy atom. The highest BCUT2D eigenvalue weighted by Gasteiger charge is 2.40. The molecule has 37 heavy (non-hydrogen) atoms. The second-order valence-corrected chi connectivity index (χ2v) is 13.8. The summed E-state index contributed by atoms with van der Waals surface area (Å²) in [5, 5.41) is 12.8. The second kappa shape index (κ2) is 14.0. The first-order valence-electron chi connectivity index (χ1n) is 14.5. The van der Waals surface area contributed by atoms with Gasteiger partial charge in [0, 0.05) is 36.3 Å². The van der Waals surface area contributed by atoms with Crippen LogP contribution in [0.25, 0.3) is 0 Å². The molecule has 0 bridgehead atoms. The average Bonchev–Trinajstić information content (AvgIpc) is 2.79. The molecule has 2 amide bonds. The molecule has 0 aliphatic heterocycles. The van der Waals surface area contributed by atoms with Crippen molar-refractivity contribution in [3.8, 4) is 0 Å². The van der Waals surface area contributed by atoms with Crippen LogP contribution in [0, 0.1) is 17.3 Å². The van der Waals surface area contributed by atoms with Gasteiger partial charge in [-0.1, -0.05) is 13.8 Å². The summed E-state index contributed by atoms with van der Waals surface area (Å²) in [5.74, 6) is 1.32. The normalized spacial score (nSPS) is 25.3. The van der Waals surface area contributed by atoms with E-state index in [0.717, 1.165) is 51.4 Å².